The largest absolute Gasteiger partial charge is 0.497 e. The molecule has 1 atom stereocenters. The van der Waals surface area contributed by atoms with Gasteiger partial charge < -0.3 is 9.47 Å². The van der Waals surface area contributed by atoms with Crippen molar-refractivity contribution in [1.82, 2.24) is 4.98 Å². The third-order valence-corrected chi connectivity index (χ3v) is 6.97. The number of aromatic nitrogens is 1. The van der Waals surface area contributed by atoms with Gasteiger partial charge in [-0.25, -0.2) is 4.98 Å². The number of thioether (sulfide) groups is 1. The second-order valence-corrected chi connectivity index (χ2v) is 9.13. The fraction of sp³-hybridized carbons (Fsp3) is 0.364. The van der Waals surface area contributed by atoms with Gasteiger partial charge in [0.2, 0.25) is 5.91 Å². The van der Waals surface area contributed by atoms with Crippen molar-refractivity contribution in [1.29, 1.82) is 0 Å². The van der Waals surface area contributed by atoms with Crippen LogP contribution >= 0.6 is 23.1 Å². The highest BCUT2D eigenvalue weighted by Gasteiger charge is 2.26. The molecule has 1 saturated heterocycles. The Morgan fingerprint density at radius 2 is 2.14 bits per heavy atom. The lowest BCUT2D eigenvalue weighted by atomic mass is 10.2. The summed E-state index contributed by atoms with van der Waals surface area (Å²) < 4.78 is 12.1. The van der Waals surface area contributed by atoms with Gasteiger partial charge >= 0.3 is 0 Å². The minimum atomic E-state index is 0.0529. The van der Waals surface area contributed by atoms with E-state index in [-0.39, 0.29) is 12.0 Å². The molecule has 0 radical (unpaired) electrons. The molecule has 0 saturated carbocycles. The maximum Gasteiger partial charge on any atom is 0.239 e. The first-order valence-corrected chi connectivity index (χ1v) is 11.5. The van der Waals surface area contributed by atoms with E-state index in [2.05, 4.69) is 31.2 Å². The van der Waals surface area contributed by atoms with Crippen molar-refractivity contribution in [2.45, 2.75) is 30.8 Å². The lowest BCUT2D eigenvalue weighted by molar-refractivity contribution is -0.116. The molecule has 29 heavy (non-hydrogen) atoms. The average Bonchev–Trinajstić information content (AvgIpc) is 3.40. The van der Waals surface area contributed by atoms with Crippen LogP contribution in [0.25, 0.3) is 10.2 Å². The van der Waals surface area contributed by atoms with Gasteiger partial charge in [0.25, 0.3) is 0 Å². The van der Waals surface area contributed by atoms with Gasteiger partial charge in [0.1, 0.15) is 5.75 Å². The van der Waals surface area contributed by atoms with Gasteiger partial charge in [-0.1, -0.05) is 29.0 Å². The number of benzene rings is 2. The summed E-state index contributed by atoms with van der Waals surface area (Å²) in [7, 11) is 1.64. The van der Waals surface area contributed by atoms with E-state index in [0.717, 1.165) is 45.4 Å². The molecule has 1 aliphatic rings. The number of nitrogens with zero attached hydrogens (tertiary/aromatic N) is 2. The van der Waals surface area contributed by atoms with Crippen LogP contribution in [0.4, 0.5) is 5.13 Å². The molecule has 1 aliphatic heterocycles. The summed E-state index contributed by atoms with van der Waals surface area (Å²) in [6.07, 6.45) is 2.10. The summed E-state index contributed by atoms with van der Waals surface area (Å²) in [6, 6.07) is 14.1. The van der Waals surface area contributed by atoms with Gasteiger partial charge in [0, 0.05) is 17.6 Å². The van der Waals surface area contributed by atoms with E-state index in [1.54, 1.807) is 23.8 Å². The SMILES string of the molecule is COc1ccc2sc(N(CC3CCCO3)C(=O)CSc3ccc(C)cc3)nc2c1. The van der Waals surface area contributed by atoms with Crippen LogP contribution in [-0.2, 0) is 9.53 Å². The van der Waals surface area contributed by atoms with Crippen LogP contribution in [0.3, 0.4) is 0 Å². The van der Waals surface area contributed by atoms with Crippen molar-refractivity contribution in [2.24, 2.45) is 0 Å². The number of hydrogen-bond acceptors (Lipinski definition) is 6. The van der Waals surface area contributed by atoms with Crippen LogP contribution in [-0.4, -0.2) is 43.0 Å². The van der Waals surface area contributed by atoms with Crippen LogP contribution < -0.4 is 9.64 Å². The Bertz CT molecular complexity index is 981. The molecule has 0 aliphatic carbocycles. The van der Waals surface area contributed by atoms with Crippen molar-refractivity contribution in [3.8, 4) is 5.75 Å². The fourth-order valence-corrected chi connectivity index (χ4v) is 5.02. The molecule has 7 heteroatoms. The van der Waals surface area contributed by atoms with Crippen LogP contribution in [0.15, 0.2) is 47.4 Å². The molecule has 2 aromatic carbocycles. The zero-order valence-electron chi connectivity index (χ0n) is 16.6. The number of carbonyl (C=O) groups is 1. The molecule has 4 rings (SSSR count). The van der Waals surface area contributed by atoms with E-state index in [4.69, 9.17) is 14.5 Å². The third-order valence-electron chi connectivity index (χ3n) is 4.91. The number of rotatable bonds is 7. The molecule has 2 heterocycles. The topological polar surface area (TPSA) is 51.7 Å². The van der Waals surface area contributed by atoms with Crippen LogP contribution in [0.2, 0.25) is 0 Å². The van der Waals surface area contributed by atoms with Gasteiger partial charge in [0.05, 0.1) is 35.7 Å². The smallest absolute Gasteiger partial charge is 0.239 e. The van der Waals surface area contributed by atoms with E-state index in [1.807, 2.05) is 18.2 Å². The molecule has 1 unspecified atom stereocenters. The quantitative estimate of drug-likeness (QED) is 0.500. The van der Waals surface area contributed by atoms with Gasteiger partial charge in [-0.2, -0.15) is 0 Å². The molecule has 0 bridgehead atoms. The highest BCUT2D eigenvalue weighted by molar-refractivity contribution is 8.00. The number of carbonyl (C=O) groups excluding carboxylic acids is 1. The molecule has 1 fully saturated rings. The minimum absolute atomic E-state index is 0.0529. The van der Waals surface area contributed by atoms with Crippen molar-refractivity contribution in [3.05, 3.63) is 48.0 Å². The average molecular weight is 429 g/mol. The molecular weight excluding hydrogens is 404 g/mol. The second kappa shape index (κ2) is 9.15. The molecule has 152 valence electrons. The summed E-state index contributed by atoms with van der Waals surface area (Å²) in [5.41, 5.74) is 2.06. The standard InChI is InChI=1S/C22H24N2O3S2/c1-15-5-8-18(9-6-15)28-14-21(25)24(13-17-4-3-11-27-17)22-23-19-12-16(26-2)7-10-20(19)29-22/h5-10,12,17H,3-4,11,13-14H2,1-2H3. The summed E-state index contributed by atoms with van der Waals surface area (Å²) in [4.78, 5) is 20.8. The lowest BCUT2D eigenvalue weighted by Gasteiger charge is -2.23. The molecule has 0 spiro atoms. The highest BCUT2D eigenvalue weighted by Crippen LogP contribution is 2.32. The molecule has 1 aromatic heterocycles. The monoisotopic (exact) mass is 428 g/mol. The Morgan fingerprint density at radius 3 is 2.86 bits per heavy atom. The lowest BCUT2D eigenvalue weighted by Crippen LogP contribution is -2.38. The summed E-state index contributed by atoms with van der Waals surface area (Å²) >= 11 is 3.09. The Morgan fingerprint density at radius 1 is 1.31 bits per heavy atom. The van der Waals surface area contributed by atoms with Crippen molar-refractivity contribution in [3.63, 3.8) is 0 Å². The van der Waals surface area contributed by atoms with Gasteiger partial charge in [-0.3, -0.25) is 9.69 Å². The second-order valence-electron chi connectivity index (χ2n) is 7.07. The Kier molecular flexibility index (Phi) is 6.37. The van der Waals surface area contributed by atoms with Gasteiger partial charge in [0.15, 0.2) is 5.13 Å². The number of anilines is 1. The Labute approximate surface area is 179 Å². The first-order valence-electron chi connectivity index (χ1n) is 9.68. The Balaban J connectivity index is 1.55. The minimum Gasteiger partial charge on any atom is -0.497 e. The highest BCUT2D eigenvalue weighted by atomic mass is 32.2. The number of ether oxygens (including phenoxy) is 2. The summed E-state index contributed by atoms with van der Waals surface area (Å²) in [5.74, 6) is 1.19. The molecule has 3 aromatic rings. The number of methoxy groups -OCH3 is 1. The zero-order valence-corrected chi connectivity index (χ0v) is 18.2. The maximum atomic E-state index is 13.2. The molecule has 5 nitrogen and oxygen atoms in total. The summed E-state index contributed by atoms with van der Waals surface area (Å²) in [5, 5.41) is 0.721. The summed E-state index contributed by atoms with van der Waals surface area (Å²) in [6.45, 7) is 3.37. The predicted molar refractivity (Wildman–Crippen MR) is 119 cm³/mol. The molecule has 1 amide bonds. The van der Waals surface area contributed by atoms with E-state index >= 15 is 0 Å². The van der Waals surface area contributed by atoms with Gasteiger partial charge in [-0.05, 0) is 44.0 Å². The van der Waals surface area contributed by atoms with E-state index < -0.39 is 0 Å². The van der Waals surface area contributed by atoms with Crippen molar-refractivity contribution in [2.75, 3.05) is 30.9 Å². The number of fused-ring (bicyclic) bond motifs is 1. The zero-order chi connectivity index (χ0) is 20.2. The Hall–Kier alpha value is -2.09. The number of aryl methyl sites for hydroxylation is 1. The number of thiazole rings is 1. The fourth-order valence-electron chi connectivity index (χ4n) is 3.27. The van der Waals surface area contributed by atoms with Crippen molar-refractivity contribution < 1.29 is 14.3 Å². The first kappa shape index (κ1) is 20.2. The van der Waals surface area contributed by atoms with Crippen LogP contribution in [0, 0.1) is 6.92 Å². The third kappa shape index (κ3) is 4.91. The first-order chi connectivity index (χ1) is 14.1. The van der Waals surface area contributed by atoms with Crippen LogP contribution in [0.5, 0.6) is 5.75 Å². The normalized spacial score (nSPS) is 16.3. The number of amides is 1. The van der Waals surface area contributed by atoms with E-state index in [1.165, 1.54) is 16.9 Å². The number of hydrogen-bond donors (Lipinski definition) is 0. The predicted octanol–water partition coefficient (Wildman–Crippen LogP) is 4.92. The maximum absolute atomic E-state index is 13.2. The van der Waals surface area contributed by atoms with E-state index in [9.17, 15) is 4.79 Å². The molecule has 0 N–H and O–H groups in total. The van der Waals surface area contributed by atoms with Gasteiger partial charge in [-0.15, -0.1) is 11.8 Å². The van der Waals surface area contributed by atoms with E-state index in [0.29, 0.717) is 12.3 Å². The molecular formula is C22H24N2O3S2. The van der Waals surface area contributed by atoms with Crippen molar-refractivity contribution >= 4 is 44.4 Å². The van der Waals surface area contributed by atoms with Crippen LogP contribution in [0.1, 0.15) is 18.4 Å².